The van der Waals surface area contributed by atoms with Crippen LogP contribution in [-0.4, -0.2) is 72.3 Å². The quantitative estimate of drug-likeness (QED) is 0.205. The third kappa shape index (κ3) is 7.28. The summed E-state index contributed by atoms with van der Waals surface area (Å²) in [6.07, 6.45) is 1.61. The first-order valence-corrected chi connectivity index (χ1v) is 14.3. The number of fused-ring (bicyclic) bond motifs is 1. The highest BCUT2D eigenvalue weighted by atomic mass is 16.3. The minimum absolute atomic E-state index is 0.179. The summed E-state index contributed by atoms with van der Waals surface area (Å²) in [5.41, 5.74) is 8.17. The number of aliphatic hydroxyl groups is 1. The molecule has 5 rings (SSSR count). The number of hydrogen-bond donors (Lipinski definition) is 3. The van der Waals surface area contributed by atoms with Crippen molar-refractivity contribution in [3.63, 3.8) is 0 Å². The maximum Gasteiger partial charge on any atom is 0.273 e. The van der Waals surface area contributed by atoms with Crippen molar-refractivity contribution in [2.45, 2.75) is 20.4 Å². The molecule has 2 amide bonds. The molecule has 1 heterocycles. The van der Waals surface area contributed by atoms with Crippen LogP contribution in [0.3, 0.4) is 0 Å². The third-order valence-electron chi connectivity index (χ3n) is 7.77. The minimum Gasteiger partial charge on any atom is -0.395 e. The molecule has 0 radical (unpaired) electrons. The summed E-state index contributed by atoms with van der Waals surface area (Å²) in [5.74, 6) is -0.696. The summed E-state index contributed by atoms with van der Waals surface area (Å²) in [5, 5.41) is 18.1. The minimum atomic E-state index is -0.412. The van der Waals surface area contributed by atoms with Crippen LogP contribution in [0, 0.1) is 13.8 Å². The van der Waals surface area contributed by atoms with Crippen molar-refractivity contribution < 1.29 is 14.7 Å². The Balaban J connectivity index is 1.31. The predicted molar refractivity (Wildman–Crippen MR) is 168 cm³/mol. The second-order valence-corrected chi connectivity index (χ2v) is 10.8. The van der Waals surface area contributed by atoms with Gasteiger partial charge >= 0.3 is 0 Å². The van der Waals surface area contributed by atoms with Gasteiger partial charge < -0.3 is 10.4 Å². The Labute approximate surface area is 246 Å². The van der Waals surface area contributed by atoms with E-state index in [-0.39, 0.29) is 12.5 Å². The van der Waals surface area contributed by atoms with E-state index >= 15 is 0 Å². The number of β-amino-alcohol motifs (C(OH)–C–C–N with tert-alkyl or cyclic N) is 1. The van der Waals surface area contributed by atoms with E-state index in [1.807, 2.05) is 80.6 Å². The Bertz CT molecular complexity index is 1610. The molecule has 0 aromatic heterocycles. The van der Waals surface area contributed by atoms with Crippen LogP contribution in [-0.2, 0) is 6.54 Å². The average molecular weight is 564 g/mol. The van der Waals surface area contributed by atoms with Gasteiger partial charge in [-0.3, -0.25) is 19.4 Å². The van der Waals surface area contributed by atoms with Crippen LogP contribution in [0.2, 0.25) is 0 Å². The molecule has 3 N–H and O–H groups in total. The zero-order chi connectivity index (χ0) is 29.5. The monoisotopic (exact) mass is 563 g/mol. The maximum atomic E-state index is 13.4. The van der Waals surface area contributed by atoms with Gasteiger partial charge in [0, 0.05) is 44.8 Å². The smallest absolute Gasteiger partial charge is 0.273 e. The summed E-state index contributed by atoms with van der Waals surface area (Å²) in [7, 11) is 0. The largest absolute Gasteiger partial charge is 0.395 e. The van der Waals surface area contributed by atoms with Gasteiger partial charge in [-0.25, -0.2) is 5.43 Å². The van der Waals surface area contributed by atoms with Gasteiger partial charge in [-0.05, 0) is 71.1 Å². The number of nitrogens with zero attached hydrogens (tertiary/aromatic N) is 3. The molecule has 4 aromatic carbocycles. The lowest BCUT2D eigenvalue weighted by atomic mass is 10.0. The first-order chi connectivity index (χ1) is 20.4. The number of hydrazone groups is 1. The van der Waals surface area contributed by atoms with E-state index in [4.69, 9.17) is 0 Å². The summed E-state index contributed by atoms with van der Waals surface area (Å²) < 4.78 is 0. The Kier molecular flexibility index (Phi) is 9.38. The molecule has 8 heteroatoms. The Morgan fingerprint density at radius 2 is 1.57 bits per heavy atom. The van der Waals surface area contributed by atoms with Crippen molar-refractivity contribution in [1.82, 2.24) is 15.2 Å². The number of anilines is 1. The Hall–Kier alpha value is -4.37. The van der Waals surface area contributed by atoms with Crippen molar-refractivity contribution in [3.05, 3.63) is 112 Å². The third-order valence-corrected chi connectivity index (χ3v) is 7.77. The molecule has 0 bridgehead atoms. The number of carbonyl (C=O) groups is 2. The molecule has 0 atom stereocenters. The fourth-order valence-corrected chi connectivity index (χ4v) is 5.18. The van der Waals surface area contributed by atoms with Crippen molar-refractivity contribution in [1.29, 1.82) is 0 Å². The Morgan fingerprint density at radius 3 is 2.31 bits per heavy atom. The summed E-state index contributed by atoms with van der Waals surface area (Å²) in [6, 6.07) is 24.9. The first-order valence-electron chi connectivity index (χ1n) is 14.3. The van der Waals surface area contributed by atoms with E-state index in [9.17, 15) is 14.7 Å². The molecule has 0 saturated carbocycles. The van der Waals surface area contributed by atoms with E-state index in [0.29, 0.717) is 23.4 Å². The number of piperazine rings is 1. The topological polar surface area (TPSA) is 97.3 Å². The van der Waals surface area contributed by atoms with Gasteiger partial charge in [-0.2, -0.15) is 5.10 Å². The predicted octanol–water partition coefficient (Wildman–Crippen LogP) is 4.58. The van der Waals surface area contributed by atoms with Crippen molar-refractivity contribution in [2.24, 2.45) is 5.10 Å². The van der Waals surface area contributed by atoms with Gasteiger partial charge in [0.15, 0.2) is 0 Å². The average Bonchev–Trinajstić information content (AvgIpc) is 3.00. The van der Waals surface area contributed by atoms with Crippen LogP contribution in [0.15, 0.2) is 84.0 Å². The fourth-order valence-electron chi connectivity index (χ4n) is 5.18. The first kappa shape index (κ1) is 29.1. The number of benzene rings is 4. The molecule has 1 aliphatic rings. The highest BCUT2D eigenvalue weighted by Crippen LogP contribution is 2.25. The van der Waals surface area contributed by atoms with E-state index in [2.05, 4.69) is 25.6 Å². The second-order valence-electron chi connectivity index (χ2n) is 10.8. The molecule has 1 aliphatic heterocycles. The van der Waals surface area contributed by atoms with Gasteiger partial charge in [-0.15, -0.1) is 0 Å². The highest BCUT2D eigenvalue weighted by Gasteiger charge is 2.18. The van der Waals surface area contributed by atoms with Crippen molar-refractivity contribution >= 4 is 34.5 Å². The summed E-state index contributed by atoms with van der Waals surface area (Å²) in [4.78, 5) is 31.3. The number of aryl methyl sites for hydroxylation is 2. The standard InChI is InChI=1S/C34H37N5O3/c1-24-10-11-26(18-25(24)2)22-35-37-34(42)31-20-28-7-3-4-8-29(28)21-32(31)36-33(41)30-9-5-6-27(19-30)23-39-14-12-38(13-15-39)16-17-40/h3-11,18-22,40H,12-17,23H2,1-2H3,(H,36,41)(H,37,42). The second kappa shape index (κ2) is 13.5. The van der Waals surface area contributed by atoms with E-state index in [0.717, 1.165) is 60.2 Å². The molecular formula is C34H37N5O3. The Morgan fingerprint density at radius 1 is 0.833 bits per heavy atom. The van der Waals surface area contributed by atoms with Gasteiger partial charge in [-0.1, -0.05) is 54.6 Å². The van der Waals surface area contributed by atoms with Gasteiger partial charge in [0.05, 0.1) is 24.1 Å². The lowest BCUT2D eigenvalue weighted by Crippen LogP contribution is -2.46. The molecule has 42 heavy (non-hydrogen) atoms. The maximum absolute atomic E-state index is 13.4. The molecule has 0 spiro atoms. The number of hydrogen-bond acceptors (Lipinski definition) is 6. The molecule has 0 aliphatic carbocycles. The van der Waals surface area contributed by atoms with Crippen molar-refractivity contribution in [3.8, 4) is 0 Å². The fraction of sp³-hybridized carbons (Fsp3) is 0.265. The zero-order valence-corrected chi connectivity index (χ0v) is 24.1. The molecule has 0 unspecified atom stereocenters. The van der Waals surface area contributed by atoms with E-state index in [1.165, 1.54) is 5.56 Å². The van der Waals surface area contributed by atoms with Gasteiger partial charge in [0.2, 0.25) is 0 Å². The molecule has 4 aromatic rings. The van der Waals surface area contributed by atoms with Gasteiger partial charge in [0.1, 0.15) is 0 Å². The van der Waals surface area contributed by atoms with Crippen molar-refractivity contribution in [2.75, 3.05) is 44.6 Å². The van der Waals surface area contributed by atoms with Crippen LogP contribution in [0.25, 0.3) is 10.8 Å². The van der Waals surface area contributed by atoms with Crippen LogP contribution < -0.4 is 10.7 Å². The van der Waals surface area contributed by atoms with Crippen LogP contribution in [0.1, 0.15) is 43.0 Å². The molecule has 216 valence electrons. The number of amides is 2. The molecule has 1 saturated heterocycles. The van der Waals surface area contributed by atoms with Crippen LogP contribution >= 0.6 is 0 Å². The normalized spacial score (nSPS) is 14.4. The number of carbonyl (C=O) groups excluding carboxylic acids is 2. The lowest BCUT2D eigenvalue weighted by Gasteiger charge is -2.34. The zero-order valence-electron chi connectivity index (χ0n) is 24.1. The SMILES string of the molecule is Cc1ccc(C=NNC(=O)c2cc3ccccc3cc2NC(=O)c2cccc(CN3CCN(CCO)CC3)c2)cc1C. The van der Waals surface area contributed by atoms with Gasteiger partial charge in [0.25, 0.3) is 11.8 Å². The summed E-state index contributed by atoms with van der Waals surface area (Å²) >= 11 is 0. The van der Waals surface area contributed by atoms with Crippen LogP contribution in [0.5, 0.6) is 0 Å². The number of aliphatic hydroxyl groups excluding tert-OH is 1. The lowest BCUT2D eigenvalue weighted by molar-refractivity contribution is 0.0956. The number of nitrogens with one attached hydrogen (secondary N) is 2. The van der Waals surface area contributed by atoms with E-state index in [1.54, 1.807) is 18.3 Å². The van der Waals surface area contributed by atoms with Crippen LogP contribution in [0.4, 0.5) is 5.69 Å². The van der Waals surface area contributed by atoms with E-state index < -0.39 is 5.91 Å². The summed E-state index contributed by atoms with van der Waals surface area (Å²) in [6.45, 7) is 9.38. The number of rotatable bonds is 9. The highest BCUT2D eigenvalue weighted by molar-refractivity contribution is 6.11. The molecule has 8 nitrogen and oxygen atoms in total. The molecular weight excluding hydrogens is 526 g/mol. The molecule has 1 fully saturated rings.